The van der Waals surface area contributed by atoms with E-state index in [0.717, 1.165) is 31.4 Å². The molecule has 0 spiro atoms. The molecule has 0 aliphatic heterocycles. The highest BCUT2D eigenvalue weighted by Gasteiger charge is 2.19. The van der Waals surface area contributed by atoms with Crippen molar-refractivity contribution in [2.45, 2.75) is 45.1 Å². The minimum absolute atomic E-state index is 0.116. The maximum atomic E-state index is 11.7. The summed E-state index contributed by atoms with van der Waals surface area (Å²) in [6, 6.07) is -0.413. The Bertz CT molecular complexity index is 367. The average Bonchev–Trinajstić information content (AvgIpc) is 2.78. The molecule has 1 aromatic rings. The number of amides is 1. The topological polar surface area (TPSA) is 68.0 Å². The number of carbonyl (C=O) groups is 1. The second-order valence-electron chi connectivity index (χ2n) is 4.13. The van der Waals surface area contributed by atoms with Gasteiger partial charge in [0.05, 0.1) is 11.7 Å². The first-order chi connectivity index (χ1) is 7.70. The highest BCUT2D eigenvalue weighted by molar-refractivity contribution is 7.15. The second kappa shape index (κ2) is 4.93. The highest BCUT2D eigenvalue weighted by atomic mass is 32.1. The number of hydrogen-bond donors (Lipinski definition) is 2. The first-order valence-corrected chi connectivity index (χ1v) is 6.57. The van der Waals surface area contributed by atoms with Crippen LogP contribution in [0.2, 0.25) is 0 Å². The molecule has 1 heterocycles. The number of aryl methyl sites for hydroxylation is 2. The van der Waals surface area contributed by atoms with E-state index in [2.05, 4.69) is 10.3 Å². The molecule has 0 saturated carbocycles. The number of fused-ring (bicyclic) bond motifs is 1. The number of rotatable bonds is 4. The normalized spacial score (nSPS) is 15.9. The largest absolute Gasteiger partial charge is 0.320 e. The van der Waals surface area contributed by atoms with Gasteiger partial charge < -0.3 is 11.1 Å². The van der Waals surface area contributed by atoms with Crippen molar-refractivity contribution in [3.63, 3.8) is 0 Å². The maximum absolute atomic E-state index is 11.7. The van der Waals surface area contributed by atoms with Crippen LogP contribution in [0.5, 0.6) is 0 Å². The molecule has 0 aromatic carbocycles. The van der Waals surface area contributed by atoms with Gasteiger partial charge in [0.25, 0.3) is 0 Å². The number of nitrogens with one attached hydrogen (secondary N) is 1. The van der Waals surface area contributed by atoms with E-state index < -0.39 is 6.04 Å². The molecule has 16 heavy (non-hydrogen) atoms. The molecule has 0 fully saturated rings. The number of nitrogens with two attached hydrogens (primary N) is 1. The lowest BCUT2D eigenvalue weighted by Crippen LogP contribution is -2.35. The molecular formula is C11H17N3OS. The number of thiazole rings is 1. The summed E-state index contributed by atoms with van der Waals surface area (Å²) < 4.78 is 0. The number of carbonyl (C=O) groups excluding carboxylic acids is 1. The smallest absolute Gasteiger partial charge is 0.243 e. The quantitative estimate of drug-likeness (QED) is 0.840. The van der Waals surface area contributed by atoms with Crippen LogP contribution in [0.3, 0.4) is 0 Å². The van der Waals surface area contributed by atoms with Gasteiger partial charge in [-0.2, -0.15) is 0 Å². The summed E-state index contributed by atoms with van der Waals surface area (Å²) in [5.74, 6) is -0.116. The van der Waals surface area contributed by atoms with Gasteiger partial charge in [-0.05, 0) is 25.7 Å². The Morgan fingerprint density at radius 2 is 2.44 bits per heavy atom. The number of anilines is 1. The molecule has 5 heteroatoms. The van der Waals surface area contributed by atoms with Gasteiger partial charge in [0.1, 0.15) is 0 Å². The van der Waals surface area contributed by atoms with Gasteiger partial charge in [0, 0.05) is 4.88 Å². The van der Waals surface area contributed by atoms with Crippen molar-refractivity contribution in [2.75, 3.05) is 5.32 Å². The lowest BCUT2D eigenvalue weighted by atomic mass is 10.2. The van der Waals surface area contributed by atoms with Crippen LogP contribution in [0.15, 0.2) is 0 Å². The van der Waals surface area contributed by atoms with Crippen molar-refractivity contribution in [1.29, 1.82) is 0 Å². The molecule has 1 unspecified atom stereocenters. The molecule has 2 rings (SSSR count). The van der Waals surface area contributed by atoms with Gasteiger partial charge in [0.15, 0.2) is 5.13 Å². The van der Waals surface area contributed by atoms with Gasteiger partial charge in [-0.3, -0.25) is 4.79 Å². The van der Waals surface area contributed by atoms with E-state index >= 15 is 0 Å². The fraction of sp³-hybridized carbons (Fsp3) is 0.636. The van der Waals surface area contributed by atoms with Crippen LogP contribution in [-0.4, -0.2) is 16.9 Å². The third-order valence-electron chi connectivity index (χ3n) is 2.76. The summed E-state index contributed by atoms with van der Waals surface area (Å²) in [4.78, 5) is 17.4. The van der Waals surface area contributed by atoms with E-state index in [-0.39, 0.29) is 5.91 Å². The lowest BCUT2D eigenvalue weighted by molar-refractivity contribution is -0.117. The van der Waals surface area contributed by atoms with Gasteiger partial charge in [-0.15, -0.1) is 11.3 Å². The van der Waals surface area contributed by atoms with Crippen molar-refractivity contribution >= 4 is 22.4 Å². The van der Waals surface area contributed by atoms with Crippen LogP contribution in [0.1, 0.15) is 36.8 Å². The first-order valence-electron chi connectivity index (χ1n) is 5.75. The monoisotopic (exact) mass is 239 g/mol. The van der Waals surface area contributed by atoms with Crippen molar-refractivity contribution < 1.29 is 4.79 Å². The Labute approximate surface area is 99.3 Å². The Balaban J connectivity index is 1.96. The van der Waals surface area contributed by atoms with Gasteiger partial charge in [-0.1, -0.05) is 13.3 Å². The molecule has 1 aliphatic carbocycles. The number of hydrogen-bond acceptors (Lipinski definition) is 4. The third-order valence-corrected chi connectivity index (χ3v) is 3.84. The summed E-state index contributed by atoms with van der Waals surface area (Å²) in [6.45, 7) is 2.02. The molecular weight excluding hydrogens is 222 g/mol. The standard InChI is InChI=1S/C11H17N3OS/c1-2-4-7(12)10(15)14-11-13-8-5-3-6-9(8)16-11/h7H,2-6,12H2,1H3,(H,13,14,15). The highest BCUT2D eigenvalue weighted by Crippen LogP contribution is 2.30. The second-order valence-corrected chi connectivity index (χ2v) is 5.21. The van der Waals surface area contributed by atoms with Gasteiger partial charge >= 0.3 is 0 Å². The van der Waals surface area contributed by atoms with Crippen molar-refractivity contribution in [2.24, 2.45) is 5.73 Å². The van der Waals surface area contributed by atoms with E-state index in [1.165, 1.54) is 11.3 Å². The predicted molar refractivity (Wildman–Crippen MR) is 65.7 cm³/mol. The van der Waals surface area contributed by atoms with E-state index in [4.69, 9.17) is 5.73 Å². The van der Waals surface area contributed by atoms with E-state index in [9.17, 15) is 4.79 Å². The molecule has 0 radical (unpaired) electrons. The zero-order valence-corrected chi connectivity index (χ0v) is 10.3. The maximum Gasteiger partial charge on any atom is 0.243 e. The molecule has 1 aromatic heterocycles. The minimum atomic E-state index is -0.413. The zero-order chi connectivity index (χ0) is 11.5. The Kier molecular flexibility index (Phi) is 3.56. The summed E-state index contributed by atoms with van der Waals surface area (Å²) >= 11 is 1.59. The lowest BCUT2D eigenvalue weighted by Gasteiger charge is -2.08. The van der Waals surface area contributed by atoms with E-state index in [1.54, 1.807) is 11.3 Å². The molecule has 4 nitrogen and oxygen atoms in total. The number of nitrogens with zero attached hydrogens (tertiary/aromatic N) is 1. The summed E-state index contributed by atoms with van der Waals surface area (Å²) in [5.41, 5.74) is 6.89. The van der Waals surface area contributed by atoms with Crippen LogP contribution in [0.25, 0.3) is 0 Å². The fourth-order valence-corrected chi connectivity index (χ4v) is 2.94. The molecule has 1 atom stereocenters. The SMILES string of the molecule is CCCC(N)C(=O)Nc1nc2c(s1)CCC2. The third kappa shape index (κ3) is 2.41. The van der Waals surface area contributed by atoms with Gasteiger partial charge in [0.2, 0.25) is 5.91 Å². The van der Waals surface area contributed by atoms with Gasteiger partial charge in [-0.25, -0.2) is 4.98 Å². The summed E-state index contributed by atoms with van der Waals surface area (Å²) in [6.07, 6.45) is 4.98. The Morgan fingerprint density at radius 1 is 1.62 bits per heavy atom. The Hall–Kier alpha value is -0.940. The Morgan fingerprint density at radius 3 is 3.12 bits per heavy atom. The van der Waals surface area contributed by atoms with Crippen LogP contribution in [-0.2, 0) is 17.6 Å². The van der Waals surface area contributed by atoms with Crippen molar-refractivity contribution in [1.82, 2.24) is 4.98 Å². The molecule has 88 valence electrons. The molecule has 1 amide bonds. The molecule has 0 saturated heterocycles. The zero-order valence-electron chi connectivity index (χ0n) is 9.45. The summed E-state index contributed by atoms with van der Waals surface area (Å²) in [5, 5.41) is 3.51. The fourth-order valence-electron chi connectivity index (χ4n) is 1.88. The van der Waals surface area contributed by atoms with Crippen LogP contribution in [0.4, 0.5) is 5.13 Å². The summed E-state index contributed by atoms with van der Waals surface area (Å²) in [7, 11) is 0. The molecule has 0 bridgehead atoms. The average molecular weight is 239 g/mol. The van der Waals surface area contributed by atoms with Crippen LogP contribution in [0, 0.1) is 0 Å². The van der Waals surface area contributed by atoms with Crippen LogP contribution >= 0.6 is 11.3 Å². The van der Waals surface area contributed by atoms with E-state index in [0.29, 0.717) is 5.13 Å². The minimum Gasteiger partial charge on any atom is -0.320 e. The van der Waals surface area contributed by atoms with E-state index in [1.807, 2.05) is 6.92 Å². The van der Waals surface area contributed by atoms with Crippen molar-refractivity contribution in [3.8, 4) is 0 Å². The van der Waals surface area contributed by atoms with Crippen molar-refractivity contribution in [3.05, 3.63) is 10.6 Å². The number of aromatic nitrogens is 1. The molecule has 1 aliphatic rings. The first kappa shape index (κ1) is 11.5. The molecule has 3 N–H and O–H groups in total. The predicted octanol–water partition coefficient (Wildman–Crippen LogP) is 1.70. The van der Waals surface area contributed by atoms with Crippen LogP contribution < -0.4 is 11.1 Å².